The van der Waals surface area contributed by atoms with Gasteiger partial charge >= 0.3 is 0 Å². The zero-order valence-corrected chi connectivity index (χ0v) is 14.6. The second-order valence-electron chi connectivity index (χ2n) is 6.92. The second-order valence-corrected chi connectivity index (χ2v) is 8.00. The van der Waals surface area contributed by atoms with Gasteiger partial charge in [0.05, 0.1) is 30.8 Å². The summed E-state index contributed by atoms with van der Waals surface area (Å²) in [5.74, 6) is 0.858. The van der Waals surface area contributed by atoms with Gasteiger partial charge in [-0.1, -0.05) is 0 Å². The lowest BCUT2D eigenvalue weighted by Crippen LogP contribution is -2.38. The van der Waals surface area contributed by atoms with Crippen LogP contribution in [0.3, 0.4) is 0 Å². The average Bonchev–Trinajstić information content (AvgIpc) is 3.17. The first-order valence-corrected chi connectivity index (χ1v) is 9.05. The van der Waals surface area contributed by atoms with Gasteiger partial charge in [0.2, 0.25) is 5.95 Å². The number of hydrogen-bond donors (Lipinski definition) is 0. The second kappa shape index (κ2) is 5.11. The van der Waals surface area contributed by atoms with E-state index in [1.54, 1.807) is 17.7 Å². The van der Waals surface area contributed by atoms with Crippen LogP contribution in [0, 0.1) is 0 Å². The van der Waals surface area contributed by atoms with E-state index in [0.717, 1.165) is 54.5 Å². The molecule has 0 unspecified atom stereocenters. The highest BCUT2D eigenvalue weighted by molar-refractivity contribution is 7.19. The summed E-state index contributed by atoms with van der Waals surface area (Å²) in [5.41, 5.74) is 2.07. The van der Waals surface area contributed by atoms with Crippen LogP contribution in [0.15, 0.2) is 6.33 Å². The third-order valence-corrected chi connectivity index (χ3v) is 5.82. The van der Waals surface area contributed by atoms with Crippen LogP contribution < -0.4 is 4.90 Å². The van der Waals surface area contributed by atoms with E-state index in [1.165, 1.54) is 10.4 Å². The van der Waals surface area contributed by atoms with E-state index in [2.05, 4.69) is 28.8 Å². The molecule has 0 saturated carbocycles. The Labute approximate surface area is 143 Å². The monoisotopic (exact) mass is 345 g/mol. The van der Waals surface area contributed by atoms with Crippen molar-refractivity contribution in [3.05, 3.63) is 16.8 Å². The van der Waals surface area contributed by atoms with Gasteiger partial charge in [-0.15, -0.1) is 11.3 Å². The van der Waals surface area contributed by atoms with Crippen LogP contribution in [0.4, 0.5) is 5.95 Å². The Morgan fingerprint density at radius 2 is 2.08 bits per heavy atom. The molecule has 2 aliphatic heterocycles. The summed E-state index contributed by atoms with van der Waals surface area (Å²) >= 11 is 1.72. The lowest BCUT2D eigenvalue weighted by molar-refractivity contribution is -0.0379. The maximum absolute atomic E-state index is 5.97. The number of fused-ring (bicyclic) bond motifs is 5. The van der Waals surface area contributed by atoms with Crippen molar-refractivity contribution in [2.75, 3.05) is 31.2 Å². The molecular weight excluding hydrogens is 326 g/mol. The smallest absolute Gasteiger partial charge is 0.230 e. The van der Waals surface area contributed by atoms with Gasteiger partial charge in [0.15, 0.2) is 5.65 Å². The van der Waals surface area contributed by atoms with Crippen LogP contribution in [0.2, 0.25) is 0 Å². The Balaban J connectivity index is 1.75. The molecule has 8 heteroatoms. The molecule has 0 bridgehead atoms. The molecule has 0 amide bonds. The SMILES string of the molecule is CC1(C)Cc2c(sc3nc(N4CCOCC4)n4ncnc4c23)CO1. The van der Waals surface area contributed by atoms with Crippen LogP contribution in [0.1, 0.15) is 24.3 Å². The Bertz CT molecular complexity index is 925. The number of thiophene rings is 1. The van der Waals surface area contributed by atoms with Gasteiger partial charge < -0.3 is 14.4 Å². The van der Waals surface area contributed by atoms with E-state index in [-0.39, 0.29) is 5.60 Å². The Kier molecular flexibility index (Phi) is 3.10. The van der Waals surface area contributed by atoms with E-state index >= 15 is 0 Å². The highest BCUT2D eigenvalue weighted by Crippen LogP contribution is 2.40. The summed E-state index contributed by atoms with van der Waals surface area (Å²) in [6, 6.07) is 0. The number of ether oxygens (including phenoxy) is 2. The molecule has 0 aromatic carbocycles. The Morgan fingerprint density at radius 1 is 1.25 bits per heavy atom. The molecular formula is C16H19N5O2S. The molecule has 0 aliphatic carbocycles. The number of anilines is 1. The first-order chi connectivity index (χ1) is 11.6. The van der Waals surface area contributed by atoms with Gasteiger partial charge in [-0.25, -0.2) is 9.97 Å². The quantitative estimate of drug-likeness (QED) is 0.672. The molecule has 126 valence electrons. The number of rotatable bonds is 1. The molecule has 2 aliphatic rings. The molecule has 1 fully saturated rings. The van der Waals surface area contributed by atoms with Crippen molar-refractivity contribution in [3.63, 3.8) is 0 Å². The summed E-state index contributed by atoms with van der Waals surface area (Å²) in [4.78, 5) is 14.0. The van der Waals surface area contributed by atoms with Gasteiger partial charge in [-0.2, -0.15) is 9.61 Å². The molecule has 0 spiro atoms. The summed E-state index contributed by atoms with van der Waals surface area (Å²) < 4.78 is 13.3. The van der Waals surface area contributed by atoms with Crippen molar-refractivity contribution >= 4 is 33.1 Å². The largest absolute Gasteiger partial charge is 0.378 e. The highest BCUT2D eigenvalue weighted by Gasteiger charge is 2.31. The maximum Gasteiger partial charge on any atom is 0.230 e. The Hall–Kier alpha value is -1.77. The minimum atomic E-state index is -0.152. The minimum absolute atomic E-state index is 0.152. The minimum Gasteiger partial charge on any atom is -0.378 e. The van der Waals surface area contributed by atoms with Crippen LogP contribution in [0.25, 0.3) is 15.9 Å². The third-order valence-electron chi connectivity index (χ3n) is 4.72. The summed E-state index contributed by atoms with van der Waals surface area (Å²) in [7, 11) is 0. The first-order valence-electron chi connectivity index (χ1n) is 8.23. The Morgan fingerprint density at radius 3 is 2.92 bits per heavy atom. The first kappa shape index (κ1) is 14.6. The van der Waals surface area contributed by atoms with Gasteiger partial charge in [0, 0.05) is 24.4 Å². The molecule has 1 saturated heterocycles. The molecule has 0 radical (unpaired) electrons. The highest BCUT2D eigenvalue weighted by atomic mass is 32.1. The fourth-order valence-electron chi connectivity index (χ4n) is 3.51. The van der Waals surface area contributed by atoms with E-state index in [4.69, 9.17) is 14.5 Å². The molecule has 3 aromatic rings. The van der Waals surface area contributed by atoms with Crippen molar-refractivity contribution < 1.29 is 9.47 Å². The van der Waals surface area contributed by atoms with Crippen molar-refractivity contribution in [2.45, 2.75) is 32.5 Å². The van der Waals surface area contributed by atoms with Crippen LogP contribution in [0.5, 0.6) is 0 Å². The van der Waals surface area contributed by atoms with E-state index in [9.17, 15) is 0 Å². The summed E-state index contributed by atoms with van der Waals surface area (Å²) in [6.45, 7) is 8.02. The van der Waals surface area contributed by atoms with Gasteiger partial charge in [-0.05, 0) is 19.4 Å². The lowest BCUT2D eigenvalue weighted by atomic mass is 9.94. The van der Waals surface area contributed by atoms with E-state index in [1.807, 2.05) is 4.52 Å². The summed E-state index contributed by atoms with van der Waals surface area (Å²) in [5, 5.41) is 5.58. The number of nitrogens with zero attached hydrogens (tertiary/aromatic N) is 5. The summed E-state index contributed by atoms with van der Waals surface area (Å²) in [6.07, 6.45) is 2.50. The average molecular weight is 345 g/mol. The maximum atomic E-state index is 5.97. The normalized spacial score (nSPS) is 20.7. The number of hydrogen-bond acceptors (Lipinski definition) is 7. The van der Waals surface area contributed by atoms with Crippen molar-refractivity contribution in [1.29, 1.82) is 0 Å². The molecule has 24 heavy (non-hydrogen) atoms. The van der Waals surface area contributed by atoms with Crippen LogP contribution in [-0.4, -0.2) is 51.5 Å². The fraction of sp³-hybridized carbons (Fsp3) is 0.562. The van der Waals surface area contributed by atoms with Gasteiger partial charge in [0.1, 0.15) is 11.2 Å². The van der Waals surface area contributed by atoms with Crippen molar-refractivity contribution in [1.82, 2.24) is 19.6 Å². The predicted octanol–water partition coefficient (Wildman–Crippen LogP) is 2.03. The third kappa shape index (κ3) is 2.13. The molecule has 5 rings (SSSR count). The molecule has 0 N–H and O–H groups in total. The topological polar surface area (TPSA) is 64.8 Å². The van der Waals surface area contributed by atoms with Crippen LogP contribution in [-0.2, 0) is 22.5 Å². The van der Waals surface area contributed by atoms with Gasteiger partial charge in [0.25, 0.3) is 0 Å². The zero-order valence-electron chi connectivity index (χ0n) is 13.8. The zero-order chi connectivity index (χ0) is 16.3. The molecule has 3 aromatic heterocycles. The molecule has 7 nitrogen and oxygen atoms in total. The van der Waals surface area contributed by atoms with Crippen molar-refractivity contribution in [3.8, 4) is 0 Å². The number of aromatic nitrogens is 4. The van der Waals surface area contributed by atoms with Gasteiger partial charge in [-0.3, -0.25) is 0 Å². The molecule has 5 heterocycles. The fourth-order valence-corrected chi connectivity index (χ4v) is 4.61. The van der Waals surface area contributed by atoms with Crippen molar-refractivity contribution in [2.24, 2.45) is 0 Å². The molecule has 0 atom stereocenters. The number of morpholine rings is 1. The lowest BCUT2D eigenvalue weighted by Gasteiger charge is -2.30. The van der Waals surface area contributed by atoms with Crippen LogP contribution >= 0.6 is 11.3 Å². The van der Waals surface area contributed by atoms with E-state index < -0.39 is 0 Å². The van der Waals surface area contributed by atoms with E-state index in [0.29, 0.717) is 6.61 Å². The standard InChI is InChI=1S/C16H19N5O2S/c1-16(2)7-10-11(8-23-16)24-14-12(10)13-17-9-18-21(13)15(19-14)20-3-5-22-6-4-20/h9H,3-8H2,1-2H3. The predicted molar refractivity (Wildman–Crippen MR) is 91.8 cm³/mol.